The van der Waals surface area contributed by atoms with Gasteiger partial charge in [0.05, 0.1) is 11.0 Å². The largest absolute Gasteiger partial charge is 0.345 e. The fraction of sp³-hybridized carbons (Fsp3) is 0.278. The molecule has 23 heavy (non-hydrogen) atoms. The molecule has 1 fully saturated rings. The van der Waals surface area contributed by atoms with Gasteiger partial charge in [-0.15, -0.1) is 0 Å². The Morgan fingerprint density at radius 1 is 1.17 bits per heavy atom. The number of amides is 1. The van der Waals surface area contributed by atoms with Gasteiger partial charge >= 0.3 is 0 Å². The summed E-state index contributed by atoms with van der Waals surface area (Å²) in [7, 11) is 0. The molecule has 0 aromatic heterocycles. The third-order valence-corrected chi connectivity index (χ3v) is 4.16. The molecule has 2 aromatic carbocycles. The molecule has 1 aliphatic rings. The van der Waals surface area contributed by atoms with E-state index < -0.39 is 10.8 Å². The Labute approximate surface area is 134 Å². The number of nitro benzene ring substituents is 1. The molecule has 1 N–H and O–H groups in total. The van der Waals surface area contributed by atoms with Crippen molar-refractivity contribution in [3.05, 3.63) is 75.3 Å². The van der Waals surface area contributed by atoms with E-state index >= 15 is 0 Å². The molecule has 1 saturated carbocycles. The quantitative estimate of drug-likeness (QED) is 0.674. The van der Waals surface area contributed by atoms with Crippen LogP contribution in [0.1, 0.15) is 40.4 Å². The van der Waals surface area contributed by atoms with Crippen LogP contribution in [0.5, 0.6) is 0 Å². The van der Waals surface area contributed by atoms with E-state index in [2.05, 4.69) is 5.32 Å². The van der Waals surface area contributed by atoms with E-state index in [1.165, 1.54) is 12.1 Å². The number of hydrogen-bond acceptors (Lipinski definition) is 3. The molecule has 0 saturated heterocycles. The maximum Gasteiger partial charge on any atom is 0.282 e. The second-order valence-corrected chi connectivity index (χ2v) is 5.97. The number of nitrogens with zero attached hydrogens (tertiary/aromatic N) is 1. The van der Waals surface area contributed by atoms with E-state index in [-0.39, 0.29) is 17.3 Å². The Bertz CT molecular complexity index is 736. The molecular weight excluding hydrogens is 292 g/mol. The zero-order valence-electron chi connectivity index (χ0n) is 12.9. The van der Waals surface area contributed by atoms with Gasteiger partial charge in [0, 0.05) is 6.07 Å². The van der Waals surface area contributed by atoms with Crippen LogP contribution in [0.3, 0.4) is 0 Å². The molecule has 1 aliphatic carbocycles. The molecule has 5 heteroatoms. The second-order valence-electron chi connectivity index (χ2n) is 5.97. The minimum absolute atomic E-state index is 0.0945. The molecule has 3 rings (SSSR count). The average Bonchev–Trinajstić information content (AvgIpc) is 3.38. The van der Waals surface area contributed by atoms with Crippen molar-refractivity contribution < 1.29 is 9.72 Å². The van der Waals surface area contributed by atoms with Gasteiger partial charge in [-0.25, -0.2) is 0 Å². The van der Waals surface area contributed by atoms with Crippen LogP contribution in [0.4, 0.5) is 5.69 Å². The van der Waals surface area contributed by atoms with Crippen LogP contribution >= 0.6 is 0 Å². The maximum absolute atomic E-state index is 12.5. The van der Waals surface area contributed by atoms with Gasteiger partial charge in [-0.1, -0.05) is 42.0 Å². The highest BCUT2D eigenvalue weighted by Gasteiger charge is 2.34. The Hall–Kier alpha value is -2.69. The molecule has 1 amide bonds. The number of nitro groups is 1. The summed E-state index contributed by atoms with van der Waals surface area (Å²) in [5.74, 6) is 0.0131. The van der Waals surface area contributed by atoms with Gasteiger partial charge in [0.2, 0.25) is 0 Å². The highest BCUT2D eigenvalue weighted by Crippen LogP contribution is 2.41. The van der Waals surface area contributed by atoms with Crippen molar-refractivity contribution >= 4 is 11.6 Å². The summed E-state index contributed by atoms with van der Waals surface area (Å²) >= 11 is 0. The number of benzene rings is 2. The summed E-state index contributed by atoms with van der Waals surface area (Å²) in [5, 5.41) is 14.1. The van der Waals surface area contributed by atoms with Crippen LogP contribution in [0.2, 0.25) is 0 Å². The van der Waals surface area contributed by atoms with Crippen LogP contribution in [0.25, 0.3) is 0 Å². The lowest BCUT2D eigenvalue weighted by atomic mass is 10.0. The SMILES string of the molecule is Cc1ccc(C(NC(=O)c2ccccc2[N+](=O)[O-])C2CC2)cc1. The summed E-state index contributed by atoms with van der Waals surface area (Å²) in [6.07, 6.45) is 2.13. The van der Waals surface area contributed by atoms with Crippen LogP contribution in [0.15, 0.2) is 48.5 Å². The van der Waals surface area contributed by atoms with Crippen molar-refractivity contribution in [1.29, 1.82) is 0 Å². The first-order valence-corrected chi connectivity index (χ1v) is 7.67. The van der Waals surface area contributed by atoms with Gasteiger partial charge in [-0.3, -0.25) is 14.9 Å². The summed E-state index contributed by atoms with van der Waals surface area (Å²) in [6, 6.07) is 14.0. The van der Waals surface area contributed by atoms with E-state index in [1.54, 1.807) is 12.1 Å². The van der Waals surface area contributed by atoms with E-state index in [0.29, 0.717) is 5.92 Å². The number of carbonyl (C=O) groups excluding carboxylic acids is 1. The first kappa shape index (κ1) is 15.2. The number of rotatable bonds is 5. The predicted molar refractivity (Wildman–Crippen MR) is 87.2 cm³/mol. The Morgan fingerprint density at radius 2 is 1.83 bits per heavy atom. The summed E-state index contributed by atoms with van der Waals surface area (Å²) in [5.41, 5.74) is 2.15. The third-order valence-electron chi connectivity index (χ3n) is 4.16. The van der Waals surface area contributed by atoms with Crippen LogP contribution < -0.4 is 5.32 Å². The van der Waals surface area contributed by atoms with Gasteiger partial charge < -0.3 is 5.32 Å². The first-order valence-electron chi connectivity index (χ1n) is 7.67. The van der Waals surface area contributed by atoms with E-state index in [9.17, 15) is 14.9 Å². The standard InChI is InChI=1S/C18H18N2O3/c1-12-6-8-13(9-7-12)17(14-10-11-14)19-18(21)15-4-2-3-5-16(15)20(22)23/h2-9,14,17H,10-11H2,1H3,(H,19,21). The summed E-state index contributed by atoms with van der Waals surface area (Å²) in [4.78, 5) is 23.1. The number of carbonyl (C=O) groups is 1. The van der Waals surface area contributed by atoms with E-state index in [1.807, 2.05) is 31.2 Å². The zero-order chi connectivity index (χ0) is 16.4. The lowest BCUT2D eigenvalue weighted by Crippen LogP contribution is -2.30. The molecule has 0 heterocycles. The lowest BCUT2D eigenvalue weighted by molar-refractivity contribution is -0.385. The number of nitrogens with one attached hydrogen (secondary N) is 1. The van der Waals surface area contributed by atoms with Crippen LogP contribution in [-0.2, 0) is 0 Å². The predicted octanol–water partition coefficient (Wildman–Crippen LogP) is 3.78. The van der Waals surface area contributed by atoms with Crippen molar-refractivity contribution in [2.24, 2.45) is 5.92 Å². The van der Waals surface area contributed by atoms with Gasteiger partial charge in [-0.2, -0.15) is 0 Å². The lowest BCUT2D eigenvalue weighted by Gasteiger charge is -2.19. The van der Waals surface area contributed by atoms with Gasteiger partial charge in [0.1, 0.15) is 5.56 Å². The molecule has 0 aliphatic heterocycles. The fourth-order valence-corrected chi connectivity index (χ4v) is 2.72. The molecule has 1 unspecified atom stereocenters. The first-order chi connectivity index (χ1) is 11.1. The number of hydrogen-bond donors (Lipinski definition) is 1. The van der Waals surface area contributed by atoms with Gasteiger partial charge in [-0.05, 0) is 37.3 Å². The fourth-order valence-electron chi connectivity index (χ4n) is 2.72. The van der Waals surface area contributed by atoms with Crippen molar-refractivity contribution in [2.45, 2.75) is 25.8 Å². The Kier molecular flexibility index (Phi) is 4.10. The van der Waals surface area contributed by atoms with E-state index in [0.717, 1.165) is 24.0 Å². The topological polar surface area (TPSA) is 72.2 Å². The minimum Gasteiger partial charge on any atom is -0.345 e. The molecule has 118 valence electrons. The molecule has 0 radical (unpaired) electrons. The summed E-state index contributed by atoms with van der Waals surface area (Å²) in [6.45, 7) is 2.02. The highest BCUT2D eigenvalue weighted by molar-refractivity contribution is 5.98. The van der Waals surface area contributed by atoms with Crippen molar-refractivity contribution in [3.63, 3.8) is 0 Å². The smallest absolute Gasteiger partial charge is 0.282 e. The van der Waals surface area contributed by atoms with Gasteiger partial charge in [0.15, 0.2) is 0 Å². The zero-order valence-corrected chi connectivity index (χ0v) is 12.9. The molecule has 2 aromatic rings. The van der Waals surface area contributed by atoms with E-state index in [4.69, 9.17) is 0 Å². The van der Waals surface area contributed by atoms with Gasteiger partial charge in [0.25, 0.3) is 11.6 Å². The molecule has 0 spiro atoms. The Balaban J connectivity index is 1.85. The molecular formula is C18H18N2O3. The normalized spacial score (nSPS) is 15.0. The Morgan fingerprint density at radius 3 is 2.43 bits per heavy atom. The monoisotopic (exact) mass is 310 g/mol. The maximum atomic E-state index is 12.5. The number of aryl methyl sites for hydroxylation is 1. The van der Waals surface area contributed by atoms with Crippen LogP contribution in [0, 0.1) is 23.0 Å². The minimum atomic E-state index is -0.521. The molecule has 0 bridgehead atoms. The average molecular weight is 310 g/mol. The summed E-state index contributed by atoms with van der Waals surface area (Å²) < 4.78 is 0. The molecule has 1 atom stereocenters. The van der Waals surface area contributed by atoms with Crippen molar-refractivity contribution in [1.82, 2.24) is 5.32 Å². The van der Waals surface area contributed by atoms with Crippen LogP contribution in [-0.4, -0.2) is 10.8 Å². The van der Waals surface area contributed by atoms with Crippen molar-refractivity contribution in [2.75, 3.05) is 0 Å². The second kappa shape index (κ2) is 6.20. The third kappa shape index (κ3) is 3.39. The van der Waals surface area contributed by atoms with Crippen molar-refractivity contribution in [3.8, 4) is 0 Å². The molecule has 5 nitrogen and oxygen atoms in total. The number of para-hydroxylation sites is 1. The highest BCUT2D eigenvalue weighted by atomic mass is 16.6.